The van der Waals surface area contributed by atoms with Crippen LogP contribution in [0.15, 0.2) is 0 Å². The van der Waals surface area contributed by atoms with E-state index in [1.165, 1.54) is 25.7 Å². The van der Waals surface area contributed by atoms with Gasteiger partial charge in [-0.3, -0.25) is 4.79 Å². The van der Waals surface area contributed by atoms with Crippen molar-refractivity contribution in [2.75, 3.05) is 0 Å². The highest BCUT2D eigenvalue weighted by atomic mass is 16.1. The minimum Gasteiger partial charge on any atom is -0.291 e. The molecule has 0 amide bonds. The Balaban J connectivity index is 2.85. The molecule has 0 aromatic rings. The summed E-state index contributed by atoms with van der Waals surface area (Å²) in [7, 11) is 0. The molecule has 0 aromatic carbocycles. The first-order chi connectivity index (χ1) is 5.27. The van der Waals surface area contributed by atoms with Crippen LogP contribution in [-0.2, 0) is 4.79 Å². The maximum atomic E-state index is 9.82. The molecule has 1 heteroatoms. The van der Waals surface area contributed by atoms with Gasteiger partial charge in [-0.05, 0) is 12.3 Å². The highest BCUT2D eigenvalue weighted by Gasteiger charge is 1.93. The lowest BCUT2D eigenvalue weighted by molar-refractivity contribution is 0.515. The number of rotatable bonds is 7. The van der Waals surface area contributed by atoms with Crippen LogP contribution in [0.3, 0.4) is 0 Å². The molecule has 65 valence electrons. The molecule has 0 fully saturated rings. The van der Waals surface area contributed by atoms with Crippen molar-refractivity contribution in [2.45, 2.75) is 52.4 Å². The summed E-state index contributed by atoms with van der Waals surface area (Å²) in [5, 5.41) is 0. The van der Waals surface area contributed by atoms with Gasteiger partial charge in [0, 0.05) is 6.42 Å². The molecule has 0 aromatic heterocycles. The van der Waals surface area contributed by atoms with Crippen LogP contribution in [-0.4, -0.2) is 6.29 Å². The summed E-state index contributed by atoms with van der Waals surface area (Å²) in [4.78, 5) is 9.82. The Morgan fingerprint density at radius 3 is 2.27 bits per heavy atom. The summed E-state index contributed by atoms with van der Waals surface area (Å²) < 4.78 is 0. The Morgan fingerprint density at radius 2 is 1.73 bits per heavy atom. The third-order valence-corrected chi connectivity index (χ3v) is 1.81. The smallest absolute Gasteiger partial charge is 0.198 e. The highest BCUT2D eigenvalue weighted by Crippen LogP contribution is 2.09. The van der Waals surface area contributed by atoms with Crippen LogP contribution in [0.25, 0.3) is 0 Å². The van der Waals surface area contributed by atoms with Gasteiger partial charge >= 0.3 is 0 Å². The van der Waals surface area contributed by atoms with Crippen LogP contribution >= 0.6 is 0 Å². The number of hydrogen-bond acceptors (Lipinski definition) is 1. The highest BCUT2D eigenvalue weighted by molar-refractivity contribution is 5.50. The van der Waals surface area contributed by atoms with Gasteiger partial charge in [0.25, 0.3) is 0 Å². The van der Waals surface area contributed by atoms with Crippen molar-refractivity contribution in [3.05, 3.63) is 0 Å². The summed E-state index contributed by atoms with van der Waals surface area (Å²) in [6, 6.07) is 0. The minimum atomic E-state index is 0.627. The molecule has 0 aliphatic rings. The van der Waals surface area contributed by atoms with Crippen LogP contribution in [0.2, 0.25) is 0 Å². The quantitative estimate of drug-likeness (QED) is 0.516. The van der Waals surface area contributed by atoms with Gasteiger partial charge in [-0.1, -0.05) is 39.5 Å². The van der Waals surface area contributed by atoms with E-state index in [4.69, 9.17) is 0 Å². The normalized spacial score (nSPS) is 10.5. The molecule has 0 saturated heterocycles. The molecule has 0 atom stereocenters. The summed E-state index contributed by atoms with van der Waals surface area (Å²) >= 11 is 0. The van der Waals surface area contributed by atoms with E-state index in [0.717, 1.165) is 12.3 Å². The fourth-order valence-electron chi connectivity index (χ4n) is 1.10. The average molecular weight is 155 g/mol. The maximum Gasteiger partial charge on any atom is 0.198 e. The van der Waals surface area contributed by atoms with Gasteiger partial charge in [-0.2, -0.15) is 0 Å². The molecule has 1 radical (unpaired) electrons. The Bertz CT molecular complexity index is 86.9. The zero-order chi connectivity index (χ0) is 8.53. The Kier molecular flexibility index (Phi) is 7.54. The number of unbranched alkanes of at least 4 members (excludes halogenated alkanes) is 4. The largest absolute Gasteiger partial charge is 0.291 e. The third kappa shape index (κ3) is 9.67. The van der Waals surface area contributed by atoms with Crippen molar-refractivity contribution in [2.24, 2.45) is 5.92 Å². The van der Waals surface area contributed by atoms with Gasteiger partial charge in [0.05, 0.1) is 0 Å². The Morgan fingerprint density at radius 1 is 1.09 bits per heavy atom. The van der Waals surface area contributed by atoms with Crippen molar-refractivity contribution in [1.82, 2.24) is 0 Å². The van der Waals surface area contributed by atoms with E-state index in [0.29, 0.717) is 6.42 Å². The summed E-state index contributed by atoms with van der Waals surface area (Å²) in [5.41, 5.74) is 0. The van der Waals surface area contributed by atoms with Crippen molar-refractivity contribution >= 4 is 6.29 Å². The molecule has 0 bridgehead atoms. The van der Waals surface area contributed by atoms with Crippen LogP contribution in [0.4, 0.5) is 0 Å². The lowest BCUT2D eigenvalue weighted by Gasteiger charge is -2.02. The van der Waals surface area contributed by atoms with Gasteiger partial charge < -0.3 is 0 Å². The lowest BCUT2D eigenvalue weighted by atomic mass is 10.0. The van der Waals surface area contributed by atoms with E-state index in [1.54, 1.807) is 0 Å². The molecule has 0 aliphatic heterocycles. The molecule has 0 aliphatic carbocycles. The predicted molar refractivity (Wildman–Crippen MR) is 48.2 cm³/mol. The van der Waals surface area contributed by atoms with E-state index < -0.39 is 0 Å². The third-order valence-electron chi connectivity index (χ3n) is 1.81. The van der Waals surface area contributed by atoms with Gasteiger partial charge in [0.1, 0.15) is 0 Å². The monoisotopic (exact) mass is 155 g/mol. The molecule has 11 heavy (non-hydrogen) atoms. The SMILES string of the molecule is CC(C)CCCCCC[C]=O. The average Bonchev–Trinajstić information content (AvgIpc) is 1.96. The van der Waals surface area contributed by atoms with Crippen molar-refractivity contribution in [1.29, 1.82) is 0 Å². The van der Waals surface area contributed by atoms with E-state index >= 15 is 0 Å². The molecule has 0 saturated carbocycles. The molecule has 0 spiro atoms. The molecular formula is C10H19O. The zero-order valence-corrected chi connectivity index (χ0v) is 7.73. The number of hydrogen-bond donors (Lipinski definition) is 0. The van der Waals surface area contributed by atoms with E-state index in [9.17, 15) is 4.79 Å². The standard InChI is InChI=1S/C10H19O/c1-10(2)8-6-4-3-5-7-9-11/h10H,3-8H2,1-2H3. The molecule has 0 heterocycles. The molecule has 0 unspecified atom stereocenters. The molecule has 0 rings (SSSR count). The zero-order valence-electron chi connectivity index (χ0n) is 7.73. The van der Waals surface area contributed by atoms with Crippen molar-refractivity contribution in [3.63, 3.8) is 0 Å². The second-order valence-electron chi connectivity index (χ2n) is 3.49. The summed E-state index contributed by atoms with van der Waals surface area (Å²) in [6.07, 6.45) is 8.69. The first kappa shape index (κ1) is 10.7. The minimum absolute atomic E-state index is 0.627. The van der Waals surface area contributed by atoms with E-state index in [-0.39, 0.29) is 0 Å². The Hall–Kier alpha value is -0.330. The second kappa shape index (κ2) is 7.77. The maximum absolute atomic E-state index is 9.82. The summed E-state index contributed by atoms with van der Waals surface area (Å²) in [6.45, 7) is 4.50. The molecule has 0 N–H and O–H groups in total. The van der Waals surface area contributed by atoms with E-state index in [2.05, 4.69) is 13.8 Å². The van der Waals surface area contributed by atoms with E-state index in [1.807, 2.05) is 6.29 Å². The fourth-order valence-corrected chi connectivity index (χ4v) is 1.10. The van der Waals surface area contributed by atoms with Gasteiger partial charge in [0.2, 0.25) is 0 Å². The van der Waals surface area contributed by atoms with Crippen LogP contribution in [0.5, 0.6) is 0 Å². The number of carbonyl (C=O) groups excluding carboxylic acids is 1. The van der Waals surface area contributed by atoms with Gasteiger partial charge in [-0.25, -0.2) is 0 Å². The molecule has 1 nitrogen and oxygen atoms in total. The van der Waals surface area contributed by atoms with Crippen LogP contribution in [0, 0.1) is 5.92 Å². The topological polar surface area (TPSA) is 17.1 Å². The summed E-state index contributed by atoms with van der Waals surface area (Å²) in [5.74, 6) is 0.827. The van der Waals surface area contributed by atoms with Crippen molar-refractivity contribution < 1.29 is 4.79 Å². The predicted octanol–water partition coefficient (Wildman–Crippen LogP) is 3.09. The second-order valence-corrected chi connectivity index (χ2v) is 3.49. The molecular weight excluding hydrogens is 136 g/mol. The first-order valence-electron chi connectivity index (χ1n) is 4.62. The van der Waals surface area contributed by atoms with Crippen molar-refractivity contribution in [3.8, 4) is 0 Å². The first-order valence-corrected chi connectivity index (χ1v) is 4.62. The van der Waals surface area contributed by atoms with Gasteiger partial charge in [-0.15, -0.1) is 0 Å². The van der Waals surface area contributed by atoms with Crippen LogP contribution < -0.4 is 0 Å². The Labute approximate surface area is 70.2 Å². The van der Waals surface area contributed by atoms with Gasteiger partial charge in [0.15, 0.2) is 6.29 Å². The fraction of sp³-hybridized carbons (Fsp3) is 0.900. The van der Waals surface area contributed by atoms with Crippen LogP contribution in [0.1, 0.15) is 52.4 Å². The lowest BCUT2D eigenvalue weighted by Crippen LogP contribution is -1.87.